The molecule has 0 heterocycles. The van der Waals surface area contributed by atoms with Crippen LogP contribution in [0, 0.1) is 12.8 Å². The van der Waals surface area contributed by atoms with Crippen molar-refractivity contribution in [3.63, 3.8) is 0 Å². The van der Waals surface area contributed by atoms with Crippen LogP contribution < -0.4 is 0 Å². The molecule has 0 aliphatic carbocycles. The monoisotopic (exact) mass is 230 g/mol. The summed E-state index contributed by atoms with van der Waals surface area (Å²) in [4.78, 5) is 0. The van der Waals surface area contributed by atoms with Gasteiger partial charge in [0, 0.05) is 39.0 Å². The molecule has 0 atom stereocenters. The summed E-state index contributed by atoms with van der Waals surface area (Å²) < 4.78 is 0. The Labute approximate surface area is 51.9 Å². The minimum atomic E-state index is 0. The molecule has 0 rings (SSSR count). The van der Waals surface area contributed by atoms with E-state index in [9.17, 15) is 0 Å². The van der Waals surface area contributed by atoms with Crippen molar-refractivity contribution in [1.82, 2.24) is 0 Å². The maximum atomic E-state index is 4.00. The van der Waals surface area contributed by atoms with E-state index in [2.05, 4.69) is 12.8 Å². The number of hydrogen-bond acceptors (Lipinski definition) is 0. The molecule has 0 fully saturated rings. The Balaban J connectivity index is -0.00000000500. The van der Waals surface area contributed by atoms with Crippen LogP contribution >= 0.6 is 0 Å². The Kier molecular flexibility index (Phi) is 246. The minimum Gasteiger partial charge on any atom is -0.124 e. The fraction of sp³-hybridized carbons (Fsp3) is 0. The van der Waals surface area contributed by atoms with Crippen LogP contribution in [0.25, 0.3) is 0 Å². The van der Waals surface area contributed by atoms with Gasteiger partial charge in [0.25, 0.3) is 0 Å². The summed E-state index contributed by atoms with van der Waals surface area (Å²) in [5, 5.41) is 0. The Morgan fingerprint density at radius 3 is 0.750 bits per heavy atom. The van der Waals surface area contributed by atoms with E-state index in [-0.39, 0.29) is 39.0 Å². The summed E-state index contributed by atoms with van der Waals surface area (Å²) in [6.45, 7) is 0. The van der Waals surface area contributed by atoms with E-state index in [1.54, 1.807) is 0 Å². The van der Waals surface area contributed by atoms with Crippen molar-refractivity contribution in [2.75, 3.05) is 0 Å². The molecule has 0 aliphatic heterocycles. The summed E-state index contributed by atoms with van der Waals surface area (Å²) in [6, 6.07) is 0. The van der Waals surface area contributed by atoms with Gasteiger partial charge in [-0.3, -0.25) is 0 Å². The first-order chi connectivity index (χ1) is 1.00. The van der Waals surface area contributed by atoms with Crippen molar-refractivity contribution in [3.05, 3.63) is 0 Å². The second-order valence-corrected chi connectivity index (χ2v) is 0. The fourth-order valence-electron chi connectivity index (χ4n) is 0. The predicted octanol–water partition coefficient (Wildman–Crippen LogP) is 0.244. The van der Waals surface area contributed by atoms with Crippen molar-refractivity contribution < 1.29 is 39.0 Å². The molecule has 0 saturated carbocycles. The quantitative estimate of drug-likeness (QED) is 0.411. The molecule has 0 radical (unpaired) electrons. The van der Waals surface area contributed by atoms with Gasteiger partial charge >= 0.3 is 0 Å². The van der Waals surface area contributed by atoms with E-state index in [1.165, 1.54) is 0 Å². The molecule has 0 aliphatic rings. The van der Waals surface area contributed by atoms with Gasteiger partial charge in [-0.1, -0.05) is 0 Å². The van der Waals surface area contributed by atoms with E-state index in [0.29, 0.717) is 0 Å². The van der Waals surface area contributed by atoms with E-state index in [0.717, 1.165) is 0 Å². The Morgan fingerprint density at radius 2 is 0.750 bits per heavy atom. The van der Waals surface area contributed by atoms with Crippen LogP contribution in [0.2, 0.25) is 0 Å². The molecule has 0 aromatic heterocycles. The molecule has 0 spiro atoms. The smallest absolute Gasteiger partial charge is 0 e. The van der Waals surface area contributed by atoms with Crippen molar-refractivity contribution in [2.45, 2.75) is 0 Å². The van der Waals surface area contributed by atoms with Gasteiger partial charge in [0.1, 0.15) is 0 Å². The van der Waals surface area contributed by atoms with Crippen molar-refractivity contribution in [3.8, 4) is 12.8 Å². The largest absolute Gasteiger partial charge is 0.124 e. The minimum absolute atomic E-state index is 0. The van der Waals surface area contributed by atoms with Crippen molar-refractivity contribution >= 4 is 0 Å². The molecule has 0 bridgehead atoms. The van der Waals surface area contributed by atoms with Crippen LogP contribution in [0.3, 0.4) is 0 Å². The molecule has 4 heavy (non-hydrogen) atoms. The fourth-order valence-corrected chi connectivity index (χ4v) is 0. The van der Waals surface area contributed by atoms with Gasteiger partial charge in [-0.05, 0) is 0 Å². The second-order valence-electron chi connectivity index (χ2n) is 0. The zero-order chi connectivity index (χ0) is 2.00. The standard InChI is InChI=1S/C2H2.2Ru/c1-2;;/h1-2H;;. The number of hydrogen-bond donors (Lipinski definition) is 0. The maximum Gasteiger partial charge on any atom is 0 e. The number of rotatable bonds is 0. The second kappa shape index (κ2) is 46.1. The van der Waals surface area contributed by atoms with E-state index in [1.807, 2.05) is 0 Å². The maximum absolute atomic E-state index is 4.00. The molecule has 0 aromatic carbocycles. The summed E-state index contributed by atoms with van der Waals surface area (Å²) >= 11 is 0. The third-order valence-corrected chi connectivity index (χ3v) is 0. The van der Waals surface area contributed by atoms with Gasteiger partial charge in [-0.15, -0.1) is 12.8 Å². The molecule has 0 amide bonds. The van der Waals surface area contributed by atoms with Gasteiger partial charge in [-0.25, -0.2) is 0 Å². The van der Waals surface area contributed by atoms with Gasteiger partial charge in [-0.2, -0.15) is 0 Å². The van der Waals surface area contributed by atoms with Crippen LogP contribution in [0.5, 0.6) is 0 Å². The molecule has 0 unspecified atom stereocenters. The van der Waals surface area contributed by atoms with E-state index < -0.39 is 0 Å². The van der Waals surface area contributed by atoms with Gasteiger partial charge < -0.3 is 0 Å². The molecular formula is C2H2Ru2. The first-order valence-corrected chi connectivity index (χ1v) is 0.333. The molecule has 26 valence electrons. The average molecular weight is 228 g/mol. The van der Waals surface area contributed by atoms with E-state index >= 15 is 0 Å². The van der Waals surface area contributed by atoms with E-state index in [4.69, 9.17) is 0 Å². The summed E-state index contributed by atoms with van der Waals surface area (Å²) in [5.74, 6) is 0. The van der Waals surface area contributed by atoms with Gasteiger partial charge in [0.2, 0.25) is 0 Å². The topological polar surface area (TPSA) is 0 Å². The van der Waals surface area contributed by atoms with Crippen LogP contribution in [0.1, 0.15) is 0 Å². The molecule has 0 N–H and O–H groups in total. The molecular weight excluding hydrogens is 226 g/mol. The summed E-state index contributed by atoms with van der Waals surface area (Å²) in [5.41, 5.74) is 0. The van der Waals surface area contributed by atoms with Crippen LogP contribution in [-0.4, -0.2) is 0 Å². The van der Waals surface area contributed by atoms with Crippen molar-refractivity contribution in [1.29, 1.82) is 0 Å². The van der Waals surface area contributed by atoms with Gasteiger partial charge in [0.05, 0.1) is 0 Å². The zero-order valence-corrected chi connectivity index (χ0v) is 5.34. The molecule has 0 nitrogen and oxygen atoms in total. The summed E-state index contributed by atoms with van der Waals surface area (Å²) in [6.07, 6.45) is 8.00. The Bertz CT molecular complexity index is 8.75. The normalized spacial score (nSPS) is 0.500. The number of terminal acetylenes is 1. The molecule has 0 saturated heterocycles. The Morgan fingerprint density at radius 1 is 0.750 bits per heavy atom. The first-order valence-electron chi connectivity index (χ1n) is 0.333. The van der Waals surface area contributed by atoms with Crippen LogP contribution in [-0.2, 0) is 39.0 Å². The van der Waals surface area contributed by atoms with Gasteiger partial charge in [0.15, 0.2) is 0 Å². The third-order valence-electron chi connectivity index (χ3n) is 0. The SMILES string of the molecule is C#C.[Ru].[Ru]. The molecule has 2 heteroatoms. The third kappa shape index (κ3) is 14.1. The summed E-state index contributed by atoms with van der Waals surface area (Å²) in [7, 11) is 0. The van der Waals surface area contributed by atoms with Crippen LogP contribution in [0.15, 0.2) is 0 Å². The van der Waals surface area contributed by atoms with Crippen LogP contribution in [0.4, 0.5) is 0 Å². The predicted molar refractivity (Wildman–Crippen MR) is 9.89 cm³/mol. The average Bonchev–Trinajstić information content (AvgIpc) is 1.00. The zero-order valence-electron chi connectivity index (χ0n) is 1.86. The van der Waals surface area contributed by atoms with Crippen molar-refractivity contribution in [2.24, 2.45) is 0 Å². The Hall–Kier alpha value is 0.807. The molecule has 0 aromatic rings. The first kappa shape index (κ1) is 21.3.